The number of rotatable bonds is 10. The number of carbonyl (C=O) groups excluding carboxylic acids is 2. The summed E-state index contributed by atoms with van der Waals surface area (Å²) in [5.41, 5.74) is 2.62. The predicted octanol–water partition coefficient (Wildman–Crippen LogP) is 3.32. The number of hydrogen-bond acceptors (Lipinski definition) is 6. The van der Waals surface area contributed by atoms with Crippen molar-refractivity contribution in [1.29, 1.82) is 0 Å². The van der Waals surface area contributed by atoms with Crippen molar-refractivity contribution in [2.75, 3.05) is 25.0 Å². The summed E-state index contributed by atoms with van der Waals surface area (Å²) in [4.78, 5) is 24.2. The highest BCUT2D eigenvalue weighted by Crippen LogP contribution is 2.17. The molecule has 34 heavy (non-hydrogen) atoms. The fraction of sp³-hybridized carbons (Fsp3) is 0.200. The average molecular weight is 483 g/mol. The number of aryl methyl sites for hydroxylation is 1. The molecule has 0 spiro atoms. The quantitative estimate of drug-likeness (QED) is 0.429. The fourth-order valence-electron chi connectivity index (χ4n) is 3.01. The van der Waals surface area contributed by atoms with Crippen LogP contribution in [0, 0.1) is 6.92 Å². The van der Waals surface area contributed by atoms with Crippen LogP contribution in [0.25, 0.3) is 0 Å². The molecule has 0 aromatic heterocycles. The standard InChI is InChI=1S/C25H26N2O6S/c1-18-3-9-21(10-4-18)27-34(30,31)23-13-7-20(8-14-23)25(29)33-17-24(28)26-16-15-19-5-11-22(32-2)12-6-19/h3-14,27H,15-17H2,1-2H3,(H,26,28). The highest BCUT2D eigenvalue weighted by Gasteiger charge is 2.16. The van der Waals surface area contributed by atoms with Crippen LogP contribution in [0.3, 0.4) is 0 Å². The molecule has 3 rings (SSSR count). The molecule has 0 aliphatic rings. The van der Waals surface area contributed by atoms with Gasteiger partial charge in [0.15, 0.2) is 6.61 Å². The van der Waals surface area contributed by atoms with E-state index in [9.17, 15) is 18.0 Å². The Morgan fingerprint density at radius 3 is 2.15 bits per heavy atom. The van der Waals surface area contributed by atoms with E-state index in [1.165, 1.54) is 24.3 Å². The van der Waals surface area contributed by atoms with E-state index in [1.54, 1.807) is 31.4 Å². The van der Waals surface area contributed by atoms with E-state index in [-0.39, 0.29) is 10.5 Å². The van der Waals surface area contributed by atoms with Gasteiger partial charge in [0.05, 0.1) is 17.6 Å². The Balaban J connectivity index is 1.46. The molecule has 2 N–H and O–H groups in total. The molecule has 0 saturated carbocycles. The van der Waals surface area contributed by atoms with Gasteiger partial charge in [0.1, 0.15) is 5.75 Å². The Morgan fingerprint density at radius 2 is 1.53 bits per heavy atom. The van der Waals surface area contributed by atoms with Crippen LogP contribution < -0.4 is 14.8 Å². The number of methoxy groups -OCH3 is 1. The van der Waals surface area contributed by atoms with Gasteiger partial charge >= 0.3 is 5.97 Å². The largest absolute Gasteiger partial charge is 0.497 e. The molecule has 0 bridgehead atoms. The van der Waals surface area contributed by atoms with Gasteiger partial charge in [-0.3, -0.25) is 9.52 Å². The van der Waals surface area contributed by atoms with Gasteiger partial charge in [-0.25, -0.2) is 13.2 Å². The average Bonchev–Trinajstić information content (AvgIpc) is 2.84. The second kappa shape index (κ2) is 11.3. The Kier molecular flexibility index (Phi) is 8.26. The van der Waals surface area contributed by atoms with Gasteiger partial charge in [0, 0.05) is 12.2 Å². The summed E-state index contributed by atoms with van der Waals surface area (Å²) in [5, 5.41) is 2.69. The number of benzene rings is 3. The van der Waals surface area contributed by atoms with Crippen molar-refractivity contribution in [3.8, 4) is 5.75 Å². The molecule has 8 nitrogen and oxygen atoms in total. The summed E-state index contributed by atoms with van der Waals surface area (Å²) < 4.78 is 37.7. The number of ether oxygens (including phenoxy) is 2. The molecule has 0 aliphatic heterocycles. The van der Waals surface area contributed by atoms with E-state index in [1.807, 2.05) is 31.2 Å². The first-order valence-corrected chi connectivity index (χ1v) is 12.0. The van der Waals surface area contributed by atoms with E-state index in [0.717, 1.165) is 16.9 Å². The number of carbonyl (C=O) groups is 2. The molecule has 9 heteroatoms. The smallest absolute Gasteiger partial charge is 0.338 e. The van der Waals surface area contributed by atoms with Crippen LogP contribution in [0.4, 0.5) is 5.69 Å². The third-order valence-electron chi connectivity index (χ3n) is 4.93. The van der Waals surface area contributed by atoms with Crippen molar-refractivity contribution in [3.63, 3.8) is 0 Å². The van der Waals surface area contributed by atoms with Crippen molar-refractivity contribution in [3.05, 3.63) is 89.5 Å². The first-order valence-electron chi connectivity index (χ1n) is 10.5. The van der Waals surface area contributed by atoms with Gasteiger partial charge < -0.3 is 14.8 Å². The van der Waals surface area contributed by atoms with E-state index in [2.05, 4.69) is 10.0 Å². The van der Waals surface area contributed by atoms with Crippen molar-refractivity contribution >= 4 is 27.6 Å². The molecule has 3 aromatic rings. The second-order valence-corrected chi connectivity index (χ2v) is 9.20. The van der Waals surface area contributed by atoms with Gasteiger partial charge in [-0.05, 0) is 67.4 Å². The Labute approximate surface area is 199 Å². The van der Waals surface area contributed by atoms with Gasteiger partial charge in [0.25, 0.3) is 15.9 Å². The zero-order valence-electron chi connectivity index (χ0n) is 18.9. The normalized spacial score (nSPS) is 10.9. The van der Waals surface area contributed by atoms with Gasteiger partial charge in [-0.15, -0.1) is 0 Å². The Morgan fingerprint density at radius 1 is 0.882 bits per heavy atom. The molecule has 0 saturated heterocycles. The minimum Gasteiger partial charge on any atom is -0.497 e. The molecule has 0 aliphatic carbocycles. The molecular formula is C25H26N2O6S. The number of hydrogen-bond donors (Lipinski definition) is 2. The SMILES string of the molecule is COc1ccc(CCNC(=O)COC(=O)c2ccc(S(=O)(=O)Nc3ccc(C)cc3)cc2)cc1. The summed E-state index contributed by atoms with van der Waals surface area (Å²) in [7, 11) is -2.21. The molecule has 3 aromatic carbocycles. The minimum absolute atomic E-state index is 0.000833. The third kappa shape index (κ3) is 7.08. The van der Waals surface area contributed by atoms with E-state index in [0.29, 0.717) is 18.7 Å². The minimum atomic E-state index is -3.80. The van der Waals surface area contributed by atoms with Crippen LogP contribution in [0.15, 0.2) is 77.7 Å². The summed E-state index contributed by atoms with van der Waals surface area (Å²) in [5.74, 6) is -0.392. The number of anilines is 1. The number of esters is 1. The van der Waals surface area contributed by atoms with Crippen molar-refractivity contribution in [2.45, 2.75) is 18.2 Å². The van der Waals surface area contributed by atoms with E-state index >= 15 is 0 Å². The molecule has 0 atom stereocenters. The van der Waals surface area contributed by atoms with Crippen LogP contribution in [0.5, 0.6) is 5.75 Å². The summed E-state index contributed by atoms with van der Waals surface area (Å²) >= 11 is 0. The first kappa shape index (κ1) is 24.8. The molecule has 0 heterocycles. The van der Waals surface area contributed by atoms with Gasteiger partial charge in [-0.1, -0.05) is 29.8 Å². The molecule has 0 fully saturated rings. The highest BCUT2D eigenvalue weighted by atomic mass is 32.2. The van der Waals surface area contributed by atoms with E-state index in [4.69, 9.17) is 9.47 Å². The van der Waals surface area contributed by atoms with Crippen LogP contribution in [0.1, 0.15) is 21.5 Å². The maximum absolute atomic E-state index is 12.5. The van der Waals surface area contributed by atoms with Gasteiger partial charge in [-0.2, -0.15) is 0 Å². The highest BCUT2D eigenvalue weighted by molar-refractivity contribution is 7.92. The van der Waals surface area contributed by atoms with Crippen molar-refractivity contribution < 1.29 is 27.5 Å². The van der Waals surface area contributed by atoms with Crippen LogP contribution in [0.2, 0.25) is 0 Å². The lowest BCUT2D eigenvalue weighted by Gasteiger charge is -2.09. The first-order chi connectivity index (χ1) is 16.3. The zero-order chi connectivity index (χ0) is 24.6. The lowest BCUT2D eigenvalue weighted by atomic mass is 10.1. The number of amides is 1. The lowest BCUT2D eigenvalue weighted by molar-refractivity contribution is -0.124. The van der Waals surface area contributed by atoms with E-state index < -0.39 is 28.5 Å². The van der Waals surface area contributed by atoms with Crippen LogP contribution >= 0.6 is 0 Å². The second-order valence-electron chi connectivity index (χ2n) is 7.52. The third-order valence-corrected chi connectivity index (χ3v) is 6.33. The Hall–Kier alpha value is -3.85. The van der Waals surface area contributed by atoms with Crippen LogP contribution in [-0.4, -0.2) is 40.6 Å². The zero-order valence-corrected chi connectivity index (χ0v) is 19.7. The van der Waals surface area contributed by atoms with Gasteiger partial charge in [0.2, 0.25) is 0 Å². The Bertz CT molecular complexity index is 1220. The maximum Gasteiger partial charge on any atom is 0.338 e. The summed E-state index contributed by atoms with van der Waals surface area (Å²) in [6.45, 7) is 1.86. The molecular weight excluding hydrogens is 456 g/mol. The summed E-state index contributed by atoms with van der Waals surface area (Å²) in [6.07, 6.45) is 0.621. The number of nitrogens with one attached hydrogen (secondary N) is 2. The molecule has 178 valence electrons. The number of sulfonamides is 1. The molecule has 0 unspecified atom stereocenters. The molecule has 1 amide bonds. The van der Waals surface area contributed by atoms with Crippen molar-refractivity contribution in [2.24, 2.45) is 0 Å². The topological polar surface area (TPSA) is 111 Å². The lowest BCUT2D eigenvalue weighted by Crippen LogP contribution is -2.30. The summed E-state index contributed by atoms with van der Waals surface area (Å²) in [6, 6.07) is 19.7. The van der Waals surface area contributed by atoms with Crippen LogP contribution in [-0.2, 0) is 26.0 Å². The molecule has 0 radical (unpaired) electrons. The predicted molar refractivity (Wildman–Crippen MR) is 128 cm³/mol. The van der Waals surface area contributed by atoms with Crippen molar-refractivity contribution in [1.82, 2.24) is 5.32 Å². The maximum atomic E-state index is 12.5. The monoisotopic (exact) mass is 482 g/mol. The fourth-order valence-corrected chi connectivity index (χ4v) is 4.07.